The van der Waals surface area contributed by atoms with Crippen LogP contribution in [0.3, 0.4) is 0 Å². The number of rotatable bonds is 15. The van der Waals surface area contributed by atoms with E-state index >= 15 is 0 Å². The van der Waals surface area contributed by atoms with Crippen LogP contribution in [0.5, 0.6) is 0 Å². The highest BCUT2D eigenvalue weighted by Gasteiger charge is 2.43. The molecule has 0 fully saturated rings. The average molecular weight is 466 g/mol. The van der Waals surface area contributed by atoms with Crippen molar-refractivity contribution in [1.29, 1.82) is 0 Å². The molecule has 34 heavy (non-hydrogen) atoms. The fraction of sp³-hybridized carbons (Fsp3) is 0.556. The lowest BCUT2D eigenvalue weighted by molar-refractivity contribution is 0.183. The number of benzene rings is 2. The van der Waals surface area contributed by atoms with Crippen molar-refractivity contribution < 1.29 is 24.8 Å². The minimum Gasteiger partial charge on any atom is -0.423 e. The highest BCUT2D eigenvalue weighted by atomic mass is 16.5. The van der Waals surface area contributed by atoms with Gasteiger partial charge < -0.3 is 24.8 Å². The van der Waals surface area contributed by atoms with E-state index in [1.54, 1.807) is 6.07 Å². The summed E-state index contributed by atoms with van der Waals surface area (Å²) in [4.78, 5) is 0. The number of hydrogen-bond acceptors (Lipinski definition) is 5. The van der Waals surface area contributed by atoms with Crippen LogP contribution < -0.4 is 10.9 Å². The molecular formula is C27H40B2O5. The largest absolute Gasteiger partial charge is 0.491 e. The van der Waals surface area contributed by atoms with Crippen LogP contribution in [-0.4, -0.2) is 47.6 Å². The molecule has 7 heteroatoms. The maximum absolute atomic E-state index is 10.6. The van der Waals surface area contributed by atoms with Gasteiger partial charge in [-0.05, 0) is 46.0 Å². The molecule has 2 aromatic rings. The summed E-state index contributed by atoms with van der Waals surface area (Å²) in [7, 11) is -2.59. The number of fused-ring (bicyclic) bond motifs is 3. The first-order chi connectivity index (χ1) is 16.5. The third kappa shape index (κ3) is 5.95. The molecule has 3 rings (SSSR count). The summed E-state index contributed by atoms with van der Waals surface area (Å²) in [5.74, 6) is 0. The Morgan fingerprint density at radius 2 is 1.26 bits per heavy atom. The van der Waals surface area contributed by atoms with Gasteiger partial charge in [-0.2, -0.15) is 0 Å². The molecule has 0 saturated carbocycles. The molecule has 1 aliphatic rings. The molecule has 0 saturated heterocycles. The zero-order valence-corrected chi connectivity index (χ0v) is 20.8. The topological polar surface area (TPSA) is 90.2 Å². The molecule has 184 valence electrons. The molecule has 0 aromatic heterocycles. The van der Waals surface area contributed by atoms with Gasteiger partial charge in [0.1, 0.15) is 0 Å². The normalized spacial score (nSPS) is 13.6. The van der Waals surface area contributed by atoms with Crippen molar-refractivity contribution in [2.45, 2.75) is 83.5 Å². The number of unbranched alkanes of at least 4 members (excludes halogenated alkanes) is 6. The van der Waals surface area contributed by atoms with Crippen molar-refractivity contribution in [3.63, 3.8) is 0 Å². The van der Waals surface area contributed by atoms with E-state index in [0.717, 1.165) is 36.8 Å². The minimum atomic E-state index is -1.50. The van der Waals surface area contributed by atoms with Gasteiger partial charge in [-0.3, -0.25) is 0 Å². The third-order valence-electron chi connectivity index (χ3n) is 7.27. The second-order valence-electron chi connectivity index (χ2n) is 9.63. The number of aliphatic hydroxyl groups excluding tert-OH is 1. The SMILES string of the molecule is CCCCCCC1(CCCCCC)c2cc(B(O)O)ccc2-c2ccc(B(O)OCCO)cc21. The summed E-state index contributed by atoms with van der Waals surface area (Å²) < 4.78 is 5.40. The second kappa shape index (κ2) is 12.9. The van der Waals surface area contributed by atoms with E-state index in [1.807, 2.05) is 18.2 Å². The van der Waals surface area contributed by atoms with Gasteiger partial charge in [-0.1, -0.05) is 102 Å². The van der Waals surface area contributed by atoms with Crippen LogP contribution in [-0.2, 0) is 10.1 Å². The highest BCUT2D eigenvalue weighted by Crippen LogP contribution is 2.53. The molecule has 0 atom stereocenters. The molecule has 0 radical (unpaired) electrons. The van der Waals surface area contributed by atoms with E-state index < -0.39 is 14.2 Å². The maximum Gasteiger partial charge on any atom is 0.491 e. The molecule has 2 aromatic carbocycles. The Balaban J connectivity index is 2.09. The van der Waals surface area contributed by atoms with Crippen LogP contribution in [0.15, 0.2) is 36.4 Å². The standard InChI is InChI=1S/C27H40B2O5/c1-3-5-7-9-15-27(16-10-8-6-4-2)25-19-21(28(31)32)11-13-23(25)24-14-12-22(20-26(24)27)29(33)34-18-17-30/h11-14,19-20,30-33H,3-10,15-18H2,1-2H3. The van der Waals surface area contributed by atoms with E-state index in [0.29, 0.717) is 10.9 Å². The summed E-state index contributed by atoms with van der Waals surface area (Å²) in [6.45, 7) is 4.37. The minimum absolute atomic E-state index is 0.0788. The van der Waals surface area contributed by atoms with Crippen molar-refractivity contribution in [3.8, 4) is 11.1 Å². The highest BCUT2D eigenvalue weighted by molar-refractivity contribution is 6.60. The van der Waals surface area contributed by atoms with Gasteiger partial charge in [-0.15, -0.1) is 0 Å². The van der Waals surface area contributed by atoms with Crippen molar-refractivity contribution in [3.05, 3.63) is 47.5 Å². The van der Waals surface area contributed by atoms with Gasteiger partial charge in [0, 0.05) is 5.41 Å². The van der Waals surface area contributed by atoms with Crippen LogP contribution in [0.4, 0.5) is 0 Å². The lowest BCUT2D eigenvalue weighted by Crippen LogP contribution is -2.36. The summed E-state index contributed by atoms with van der Waals surface area (Å²) in [5, 5.41) is 39.5. The Labute approximate surface area is 205 Å². The Morgan fingerprint density at radius 1 is 0.735 bits per heavy atom. The van der Waals surface area contributed by atoms with Crippen LogP contribution in [0, 0.1) is 0 Å². The summed E-state index contributed by atoms with van der Waals surface area (Å²) >= 11 is 0. The number of hydrogen-bond donors (Lipinski definition) is 4. The average Bonchev–Trinajstić information content (AvgIpc) is 3.11. The first-order valence-corrected chi connectivity index (χ1v) is 13.0. The molecule has 0 aliphatic heterocycles. The van der Waals surface area contributed by atoms with Crippen LogP contribution >= 0.6 is 0 Å². The van der Waals surface area contributed by atoms with Crippen molar-refractivity contribution in [2.75, 3.05) is 13.2 Å². The lowest BCUT2D eigenvalue weighted by Gasteiger charge is -2.33. The van der Waals surface area contributed by atoms with E-state index in [1.165, 1.54) is 49.7 Å². The van der Waals surface area contributed by atoms with Crippen molar-refractivity contribution in [1.82, 2.24) is 0 Å². The van der Waals surface area contributed by atoms with E-state index in [-0.39, 0.29) is 18.6 Å². The van der Waals surface area contributed by atoms with Crippen molar-refractivity contribution in [2.24, 2.45) is 0 Å². The summed E-state index contributed by atoms with van der Waals surface area (Å²) in [6, 6.07) is 11.8. The maximum atomic E-state index is 10.6. The monoisotopic (exact) mass is 466 g/mol. The Bertz CT molecular complexity index is 906. The van der Waals surface area contributed by atoms with Gasteiger partial charge >= 0.3 is 14.2 Å². The first-order valence-electron chi connectivity index (χ1n) is 13.0. The van der Waals surface area contributed by atoms with E-state index in [4.69, 9.17) is 9.76 Å². The van der Waals surface area contributed by atoms with Gasteiger partial charge in [0.05, 0.1) is 13.2 Å². The van der Waals surface area contributed by atoms with Crippen LogP contribution in [0.2, 0.25) is 0 Å². The first kappa shape index (κ1) is 27.0. The van der Waals surface area contributed by atoms with Crippen molar-refractivity contribution >= 4 is 25.2 Å². The zero-order chi connectivity index (χ0) is 24.6. The summed E-state index contributed by atoms with van der Waals surface area (Å²) in [6.07, 6.45) is 11.3. The number of aliphatic hydroxyl groups is 1. The van der Waals surface area contributed by atoms with Gasteiger partial charge in [-0.25, -0.2) is 0 Å². The van der Waals surface area contributed by atoms with Gasteiger partial charge in [0.2, 0.25) is 0 Å². The Kier molecular flexibility index (Phi) is 10.2. The molecule has 0 heterocycles. The Morgan fingerprint density at radius 3 is 1.76 bits per heavy atom. The molecule has 4 N–H and O–H groups in total. The lowest BCUT2D eigenvalue weighted by atomic mass is 9.67. The molecular weight excluding hydrogens is 426 g/mol. The molecule has 1 aliphatic carbocycles. The smallest absolute Gasteiger partial charge is 0.423 e. The van der Waals surface area contributed by atoms with E-state index in [2.05, 4.69) is 26.0 Å². The summed E-state index contributed by atoms with van der Waals surface area (Å²) in [5.41, 5.74) is 5.64. The predicted molar refractivity (Wildman–Crippen MR) is 141 cm³/mol. The Hall–Kier alpha value is -1.63. The van der Waals surface area contributed by atoms with Gasteiger partial charge in [0.15, 0.2) is 0 Å². The predicted octanol–water partition coefficient (Wildman–Crippen LogP) is 3.27. The fourth-order valence-electron chi connectivity index (χ4n) is 5.48. The van der Waals surface area contributed by atoms with E-state index in [9.17, 15) is 15.1 Å². The molecule has 0 unspecified atom stereocenters. The molecule has 0 spiro atoms. The quantitative estimate of drug-likeness (QED) is 0.239. The third-order valence-corrected chi connectivity index (χ3v) is 7.27. The van der Waals surface area contributed by atoms with Crippen LogP contribution in [0.1, 0.15) is 89.2 Å². The zero-order valence-electron chi connectivity index (χ0n) is 20.8. The van der Waals surface area contributed by atoms with Gasteiger partial charge in [0.25, 0.3) is 0 Å². The molecule has 0 amide bonds. The fourth-order valence-corrected chi connectivity index (χ4v) is 5.48. The second-order valence-corrected chi connectivity index (χ2v) is 9.63. The van der Waals surface area contributed by atoms with Crippen LogP contribution in [0.25, 0.3) is 11.1 Å². The molecule has 5 nitrogen and oxygen atoms in total. The molecule has 0 bridgehead atoms.